The summed E-state index contributed by atoms with van der Waals surface area (Å²) in [6.45, 7) is 6.15. The Hall–Kier alpha value is -2.34. The molecule has 0 heterocycles. The summed E-state index contributed by atoms with van der Waals surface area (Å²) in [5, 5.41) is 9.04. The van der Waals surface area contributed by atoms with E-state index in [0.29, 0.717) is 17.4 Å². The summed E-state index contributed by atoms with van der Waals surface area (Å²) in [4.78, 5) is 0. The van der Waals surface area contributed by atoms with Crippen molar-refractivity contribution in [2.24, 2.45) is 0 Å². The number of halogens is 1. The van der Waals surface area contributed by atoms with Crippen LogP contribution in [-0.2, 0) is 0 Å². The molecule has 0 radical (unpaired) electrons. The van der Waals surface area contributed by atoms with Crippen molar-refractivity contribution >= 4 is 0 Å². The molecular formula is C17H16FNO. The van der Waals surface area contributed by atoms with Crippen molar-refractivity contribution in [3.63, 3.8) is 0 Å². The van der Waals surface area contributed by atoms with Gasteiger partial charge in [-0.2, -0.15) is 5.26 Å². The maximum atomic E-state index is 13.1. The second kappa shape index (κ2) is 5.75. The van der Waals surface area contributed by atoms with Crippen molar-refractivity contribution in [3.05, 3.63) is 58.9 Å². The summed E-state index contributed by atoms with van der Waals surface area (Å²) in [5.74, 6) is 1.01. The maximum Gasteiger partial charge on any atom is 0.145 e. The van der Waals surface area contributed by atoms with Crippen molar-refractivity contribution < 1.29 is 9.13 Å². The van der Waals surface area contributed by atoms with Crippen molar-refractivity contribution in [3.8, 4) is 17.6 Å². The standard InChI is InChI=1S/C17H16FNO/c1-11(2)13-5-4-12(3)17(9-13)20-16-7-6-15(18)8-14(16)10-19/h4-9,11H,1-3H3. The number of benzene rings is 2. The smallest absolute Gasteiger partial charge is 0.145 e. The highest BCUT2D eigenvalue weighted by molar-refractivity contribution is 5.47. The number of nitrogens with zero attached hydrogens (tertiary/aromatic N) is 1. The molecule has 0 saturated heterocycles. The monoisotopic (exact) mass is 269 g/mol. The van der Waals surface area contributed by atoms with Crippen LogP contribution in [0.4, 0.5) is 4.39 Å². The van der Waals surface area contributed by atoms with Gasteiger partial charge in [0, 0.05) is 0 Å². The highest BCUT2D eigenvalue weighted by atomic mass is 19.1. The van der Waals surface area contributed by atoms with Crippen LogP contribution in [0.2, 0.25) is 0 Å². The molecule has 0 atom stereocenters. The van der Waals surface area contributed by atoms with E-state index in [4.69, 9.17) is 10.00 Å². The van der Waals surface area contributed by atoms with E-state index >= 15 is 0 Å². The van der Waals surface area contributed by atoms with E-state index in [1.807, 2.05) is 25.1 Å². The predicted molar refractivity (Wildman–Crippen MR) is 76.5 cm³/mol. The van der Waals surface area contributed by atoms with Crippen molar-refractivity contribution in [2.75, 3.05) is 0 Å². The summed E-state index contributed by atoms with van der Waals surface area (Å²) >= 11 is 0. The molecule has 0 bridgehead atoms. The summed E-state index contributed by atoms with van der Waals surface area (Å²) in [5.41, 5.74) is 2.33. The normalized spacial score (nSPS) is 10.4. The zero-order valence-electron chi connectivity index (χ0n) is 11.8. The van der Waals surface area contributed by atoms with Gasteiger partial charge in [0.15, 0.2) is 0 Å². The van der Waals surface area contributed by atoms with E-state index < -0.39 is 5.82 Å². The van der Waals surface area contributed by atoms with Gasteiger partial charge in [0.25, 0.3) is 0 Å². The van der Waals surface area contributed by atoms with Gasteiger partial charge < -0.3 is 4.74 Å². The molecule has 0 aliphatic rings. The van der Waals surface area contributed by atoms with E-state index in [1.54, 1.807) is 0 Å². The molecule has 3 heteroatoms. The molecule has 0 N–H and O–H groups in total. The van der Waals surface area contributed by atoms with E-state index in [-0.39, 0.29) is 5.56 Å². The molecule has 0 spiro atoms. The Labute approximate surface area is 118 Å². The molecule has 2 aromatic rings. The van der Waals surface area contributed by atoms with E-state index in [9.17, 15) is 4.39 Å². The van der Waals surface area contributed by atoms with Crippen LogP contribution in [0, 0.1) is 24.1 Å². The summed E-state index contributed by atoms with van der Waals surface area (Å²) in [6.07, 6.45) is 0. The quantitative estimate of drug-likeness (QED) is 0.792. The van der Waals surface area contributed by atoms with Gasteiger partial charge in [0.05, 0.1) is 5.56 Å². The van der Waals surface area contributed by atoms with Gasteiger partial charge in [-0.3, -0.25) is 0 Å². The van der Waals surface area contributed by atoms with Crippen LogP contribution < -0.4 is 4.74 Å². The van der Waals surface area contributed by atoms with Gasteiger partial charge in [-0.1, -0.05) is 26.0 Å². The predicted octanol–water partition coefficient (Wildman–Crippen LogP) is 4.92. The van der Waals surface area contributed by atoms with E-state index in [1.165, 1.54) is 18.2 Å². The molecule has 2 rings (SSSR count). The minimum Gasteiger partial charge on any atom is -0.456 e. The van der Waals surface area contributed by atoms with Crippen LogP contribution in [0.1, 0.15) is 36.5 Å². The molecule has 2 nitrogen and oxygen atoms in total. The van der Waals surface area contributed by atoms with Crippen molar-refractivity contribution in [1.29, 1.82) is 5.26 Å². The van der Waals surface area contributed by atoms with E-state index in [2.05, 4.69) is 19.9 Å². The van der Waals surface area contributed by atoms with Gasteiger partial charge in [-0.25, -0.2) is 4.39 Å². The molecule has 0 aromatic heterocycles. The van der Waals surface area contributed by atoms with Crippen LogP contribution in [0.3, 0.4) is 0 Å². The van der Waals surface area contributed by atoms with Crippen LogP contribution >= 0.6 is 0 Å². The lowest BCUT2D eigenvalue weighted by atomic mass is 10.0. The van der Waals surface area contributed by atoms with Crippen molar-refractivity contribution in [2.45, 2.75) is 26.7 Å². The lowest BCUT2D eigenvalue weighted by Gasteiger charge is -2.13. The molecule has 102 valence electrons. The number of nitriles is 1. The fourth-order valence-electron chi connectivity index (χ4n) is 1.88. The molecule has 0 aliphatic carbocycles. The topological polar surface area (TPSA) is 33.0 Å². The fraction of sp³-hybridized carbons (Fsp3) is 0.235. The summed E-state index contributed by atoms with van der Waals surface area (Å²) in [6, 6.07) is 11.9. The first kappa shape index (κ1) is 14.1. The van der Waals surface area contributed by atoms with Crippen LogP contribution in [0.15, 0.2) is 36.4 Å². The fourth-order valence-corrected chi connectivity index (χ4v) is 1.88. The Morgan fingerprint density at radius 3 is 2.50 bits per heavy atom. The molecule has 2 aromatic carbocycles. The van der Waals surface area contributed by atoms with Crippen LogP contribution in [0.25, 0.3) is 0 Å². The van der Waals surface area contributed by atoms with Gasteiger partial charge in [0.2, 0.25) is 0 Å². The zero-order valence-corrected chi connectivity index (χ0v) is 11.8. The number of hydrogen-bond donors (Lipinski definition) is 0. The Morgan fingerprint density at radius 2 is 1.85 bits per heavy atom. The number of rotatable bonds is 3. The third-order valence-corrected chi connectivity index (χ3v) is 3.16. The summed E-state index contributed by atoms with van der Waals surface area (Å²) in [7, 11) is 0. The second-order valence-electron chi connectivity index (χ2n) is 5.03. The molecule has 0 amide bonds. The highest BCUT2D eigenvalue weighted by Crippen LogP contribution is 2.30. The first-order chi connectivity index (χ1) is 9.51. The molecule has 0 saturated carbocycles. The first-order valence-corrected chi connectivity index (χ1v) is 6.49. The second-order valence-corrected chi connectivity index (χ2v) is 5.03. The largest absolute Gasteiger partial charge is 0.456 e. The van der Waals surface area contributed by atoms with Crippen LogP contribution in [0.5, 0.6) is 11.5 Å². The number of aryl methyl sites for hydroxylation is 1. The Bertz CT molecular complexity index is 671. The number of hydrogen-bond acceptors (Lipinski definition) is 2. The van der Waals surface area contributed by atoms with Gasteiger partial charge in [-0.15, -0.1) is 0 Å². The zero-order chi connectivity index (χ0) is 14.7. The molecule has 0 unspecified atom stereocenters. The Balaban J connectivity index is 2.40. The lowest BCUT2D eigenvalue weighted by Crippen LogP contribution is -1.94. The molecular weight excluding hydrogens is 253 g/mol. The van der Waals surface area contributed by atoms with Gasteiger partial charge in [0.1, 0.15) is 23.4 Å². The Kier molecular flexibility index (Phi) is 4.05. The lowest BCUT2D eigenvalue weighted by molar-refractivity contribution is 0.474. The number of ether oxygens (including phenoxy) is 1. The van der Waals surface area contributed by atoms with Gasteiger partial charge in [-0.05, 0) is 48.2 Å². The average Bonchev–Trinajstić information content (AvgIpc) is 2.42. The molecule has 0 aliphatic heterocycles. The van der Waals surface area contributed by atoms with Crippen molar-refractivity contribution in [1.82, 2.24) is 0 Å². The van der Waals surface area contributed by atoms with E-state index in [0.717, 1.165) is 11.1 Å². The molecule has 0 fully saturated rings. The third-order valence-electron chi connectivity index (χ3n) is 3.16. The Morgan fingerprint density at radius 1 is 1.10 bits per heavy atom. The van der Waals surface area contributed by atoms with Crippen LogP contribution in [-0.4, -0.2) is 0 Å². The maximum absolute atomic E-state index is 13.1. The first-order valence-electron chi connectivity index (χ1n) is 6.49. The minimum atomic E-state index is -0.443. The average molecular weight is 269 g/mol. The van der Waals surface area contributed by atoms with Gasteiger partial charge >= 0.3 is 0 Å². The highest BCUT2D eigenvalue weighted by Gasteiger charge is 2.09. The third kappa shape index (κ3) is 2.97. The summed E-state index contributed by atoms with van der Waals surface area (Å²) < 4.78 is 18.9. The molecule has 20 heavy (non-hydrogen) atoms. The minimum absolute atomic E-state index is 0.194. The SMILES string of the molecule is Cc1ccc(C(C)C)cc1Oc1ccc(F)cc1C#N.